The van der Waals surface area contributed by atoms with E-state index in [1.807, 2.05) is 27.7 Å². The van der Waals surface area contributed by atoms with Crippen molar-refractivity contribution < 1.29 is 24.7 Å². The molecule has 19 heavy (non-hydrogen) atoms. The number of rotatable bonds is 11. The standard InChI is InChI=1S/C14H30O5/c1-7-10-13(4,5)17-19-14(6,9-3)18-16-11-12(15)8-2/h12,15H,7-11H2,1-6H3. The zero-order valence-corrected chi connectivity index (χ0v) is 13.2. The molecule has 0 rings (SSSR count). The minimum absolute atomic E-state index is 0.119. The van der Waals surface area contributed by atoms with Gasteiger partial charge in [0, 0.05) is 6.42 Å². The van der Waals surface area contributed by atoms with Gasteiger partial charge >= 0.3 is 0 Å². The van der Waals surface area contributed by atoms with E-state index in [2.05, 4.69) is 6.92 Å². The van der Waals surface area contributed by atoms with E-state index in [-0.39, 0.29) is 12.2 Å². The Balaban J connectivity index is 4.14. The molecule has 5 heteroatoms. The van der Waals surface area contributed by atoms with Crippen LogP contribution in [0.15, 0.2) is 0 Å². The highest BCUT2D eigenvalue weighted by Gasteiger charge is 2.31. The fourth-order valence-corrected chi connectivity index (χ4v) is 1.33. The second kappa shape index (κ2) is 8.87. The molecule has 0 aliphatic heterocycles. The molecule has 0 aliphatic carbocycles. The molecule has 0 radical (unpaired) electrons. The Labute approximate surface area is 117 Å². The maximum absolute atomic E-state index is 9.38. The minimum Gasteiger partial charge on any atom is -0.391 e. The molecule has 0 amide bonds. The van der Waals surface area contributed by atoms with E-state index in [9.17, 15) is 5.11 Å². The maximum Gasteiger partial charge on any atom is 0.231 e. The molecule has 0 spiro atoms. The molecule has 0 aliphatic rings. The van der Waals surface area contributed by atoms with Gasteiger partial charge < -0.3 is 5.11 Å². The van der Waals surface area contributed by atoms with Gasteiger partial charge in [0.1, 0.15) is 6.61 Å². The van der Waals surface area contributed by atoms with Gasteiger partial charge in [0.2, 0.25) is 5.79 Å². The Morgan fingerprint density at radius 3 is 2.11 bits per heavy atom. The molecular weight excluding hydrogens is 248 g/mol. The topological polar surface area (TPSA) is 57.2 Å². The summed E-state index contributed by atoms with van der Waals surface area (Å²) in [6.45, 7) is 11.7. The zero-order valence-electron chi connectivity index (χ0n) is 13.2. The Morgan fingerprint density at radius 2 is 1.63 bits per heavy atom. The average Bonchev–Trinajstić information content (AvgIpc) is 2.36. The molecule has 0 aromatic carbocycles. The van der Waals surface area contributed by atoms with Gasteiger partial charge in [-0.3, -0.25) is 0 Å². The van der Waals surface area contributed by atoms with Crippen LogP contribution in [-0.2, 0) is 19.6 Å². The van der Waals surface area contributed by atoms with Crippen LogP contribution in [0.1, 0.15) is 67.2 Å². The van der Waals surface area contributed by atoms with Gasteiger partial charge in [-0.1, -0.05) is 27.2 Å². The molecular formula is C14H30O5. The van der Waals surface area contributed by atoms with Crippen LogP contribution in [0.5, 0.6) is 0 Å². The third-order valence-corrected chi connectivity index (χ3v) is 2.90. The van der Waals surface area contributed by atoms with Crippen molar-refractivity contribution in [3.63, 3.8) is 0 Å². The summed E-state index contributed by atoms with van der Waals surface area (Å²) in [5.74, 6) is -0.974. The Morgan fingerprint density at radius 1 is 1.00 bits per heavy atom. The largest absolute Gasteiger partial charge is 0.391 e. The van der Waals surface area contributed by atoms with Gasteiger partial charge in [0.05, 0.1) is 11.7 Å². The molecule has 1 N–H and O–H groups in total. The van der Waals surface area contributed by atoms with E-state index < -0.39 is 11.9 Å². The van der Waals surface area contributed by atoms with Crippen LogP contribution >= 0.6 is 0 Å². The summed E-state index contributed by atoms with van der Waals surface area (Å²) in [4.78, 5) is 21.1. The van der Waals surface area contributed by atoms with Crippen LogP contribution in [0.4, 0.5) is 0 Å². The SMILES string of the molecule is CCCC(C)(C)OOC(C)(CC)OOCC(O)CC. The van der Waals surface area contributed by atoms with Crippen molar-refractivity contribution in [1.29, 1.82) is 0 Å². The van der Waals surface area contributed by atoms with Crippen LogP contribution in [0, 0.1) is 0 Å². The first kappa shape index (κ1) is 18.8. The van der Waals surface area contributed by atoms with Crippen molar-refractivity contribution in [1.82, 2.24) is 0 Å². The highest BCUT2D eigenvalue weighted by Crippen LogP contribution is 2.24. The first-order valence-electron chi connectivity index (χ1n) is 7.14. The Bertz CT molecular complexity index is 232. The van der Waals surface area contributed by atoms with E-state index in [4.69, 9.17) is 19.6 Å². The zero-order chi connectivity index (χ0) is 14.9. The van der Waals surface area contributed by atoms with Gasteiger partial charge in [-0.15, -0.1) is 0 Å². The normalized spacial score (nSPS) is 17.2. The molecule has 0 bridgehead atoms. The minimum atomic E-state index is -0.974. The van der Waals surface area contributed by atoms with E-state index >= 15 is 0 Å². The van der Waals surface area contributed by atoms with E-state index in [0.717, 1.165) is 12.8 Å². The second-order valence-corrected chi connectivity index (χ2v) is 5.59. The van der Waals surface area contributed by atoms with Gasteiger partial charge in [-0.2, -0.15) is 9.78 Å². The summed E-state index contributed by atoms with van der Waals surface area (Å²) in [6, 6.07) is 0. The number of hydrogen-bond acceptors (Lipinski definition) is 5. The fraction of sp³-hybridized carbons (Fsp3) is 1.00. The second-order valence-electron chi connectivity index (χ2n) is 5.59. The predicted octanol–water partition coefficient (Wildman–Crippen LogP) is 3.36. The van der Waals surface area contributed by atoms with Crippen LogP contribution in [0.3, 0.4) is 0 Å². The number of aliphatic hydroxyl groups excluding tert-OH is 1. The van der Waals surface area contributed by atoms with Crippen molar-refractivity contribution in [2.45, 2.75) is 84.7 Å². The highest BCUT2D eigenvalue weighted by atomic mass is 17.3. The van der Waals surface area contributed by atoms with Gasteiger partial charge in [-0.05, 0) is 33.6 Å². The first-order valence-corrected chi connectivity index (χ1v) is 7.14. The van der Waals surface area contributed by atoms with Crippen molar-refractivity contribution in [3.8, 4) is 0 Å². The van der Waals surface area contributed by atoms with Gasteiger partial charge in [-0.25, -0.2) is 9.78 Å². The molecule has 0 saturated carbocycles. The summed E-state index contributed by atoms with van der Waals surface area (Å²) in [5, 5.41) is 9.38. The van der Waals surface area contributed by atoms with Crippen molar-refractivity contribution in [2.24, 2.45) is 0 Å². The summed E-state index contributed by atoms with van der Waals surface area (Å²) in [7, 11) is 0. The summed E-state index contributed by atoms with van der Waals surface area (Å²) in [5.41, 5.74) is -0.364. The van der Waals surface area contributed by atoms with Crippen molar-refractivity contribution in [3.05, 3.63) is 0 Å². The fourth-order valence-electron chi connectivity index (χ4n) is 1.33. The summed E-state index contributed by atoms with van der Waals surface area (Å²) >= 11 is 0. The van der Waals surface area contributed by atoms with Crippen LogP contribution < -0.4 is 0 Å². The molecule has 0 heterocycles. The van der Waals surface area contributed by atoms with E-state index in [0.29, 0.717) is 12.8 Å². The van der Waals surface area contributed by atoms with Crippen LogP contribution in [-0.4, -0.2) is 29.2 Å². The van der Waals surface area contributed by atoms with Crippen LogP contribution in [0.25, 0.3) is 0 Å². The van der Waals surface area contributed by atoms with Crippen molar-refractivity contribution in [2.75, 3.05) is 6.61 Å². The average molecular weight is 278 g/mol. The molecule has 2 atom stereocenters. The third kappa shape index (κ3) is 8.55. The first-order chi connectivity index (χ1) is 8.78. The van der Waals surface area contributed by atoms with Gasteiger partial charge in [0.25, 0.3) is 0 Å². The molecule has 2 unspecified atom stereocenters. The monoisotopic (exact) mass is 278 g/mol. The quantitative estimate of drug-likeness (QED) is 0.357. The molecule has 0 saturated heterocycles. The van der Waals surface area contributed by atoms with E-state index in [1.165, 1.54) is 0 Å². The maximum atomic E-state index is 9.38. The molecule has 0 aromatic heterocycles. The summed E-state index contributed by atoms with van der Waals surface area (Å²) < 4.78 is 0. The molecule has 5 nitrogen and oxygen atoms in total. The lowest BCUT2D eigenvalue weighted by Gasteiger charge is -2.31. The smallest absolute Gasteiger partial charge is 0.231 e. The molecule has 116 valence electrons. The summed E-state index contributed by atoms with van der Waals surface area (Å²) in [6.07, 6.45) is 2.56. The lowest BCUT2D eigenvalue weighted by molar-refractivity contribution is -0.526. The van der Waals surface area contributed by atoms with E-state index in [1.54, 1.807) is 6.92 Å². The van der Waals surface area contributed by atoms with Crippen LogP contribution in [0.2, 0.25) is 0 Å². The molecule has 0 aromatic rings. The van der Waals surface area contributed by atoms with Gasteiger partial charge in [0.15, 0.2) is 0 Å². The molecule has 0 fully saturated rings. The number of hydrogen-bond donors (Lipinski definition) is 1. The lowest BCUT2D eigenvalue weighted by Crippen LogP contribution is -2.37. The highest BCUT2D eigenvalue weighted by molar-refractivity contribution is 4.65. The third-order valence-electron chi connectivity index (χ3n) is 2.90. The number of aliphatic hydroxyl groups is 1. The Kier molecular flexibility index (Phi) is 8.78. The predicted molar refractivity (Wildman–Crippen MR) is 73.2 cm³/mol. The Hall–Kier alpha value is -0.200. The lowest BCUT2D eigenvalue weighted by atomic mass is 10.0. The van der Waals surface area contributed by atoms with Crippen molar-refractivity contribution >= 4 is 0 Å².